The topological polar surface area (TPSA) is 80.3 Å². The molecule has 27 heavy (non-hydrogen) atoms. The Hall–Kier alpha value is -1.07. The van der Waals surface area contributed by atoms with Crippen molar-refractivity contribution in [3.8, 4) is 0 Å². The third kappa shape index (κ3) is 13.7. The number of allylic oxidation sites excluding steroid dienone is 4. The van der Waals surface area contributed by atoms with Gasteiger partial charge in [-0.05, 0) is 23.0 Å². The number of hydrogen-bond acceptors (Lipinski definition) is 4. The Bertz CT molecular complexity index is 505. The number of hydrogen-bond donors (Lipinski definition) is 0. The third-order valence-electron chi connectivity index (χ3n) is 3.48. The van der Waals surface area contributed by atoms with Crippen molar-refractivity contribution in [1.29, 1.82) is 0 Å². The Balaban J connectivity index is -0.000000411. The van der Waals surface area contributed by atoms with Crippen LogP contribution in [-0.4, -0.2) is 11.6 Å². The van der Waals surface area contributed by atoms with Crippen LogP contribution in [0, 0.1) is 21.7 Å². The van der Waals surface area contributed by atoms with Crippen LogP contribution in [0.1, 0.15) is 83.1 Å². The fourth-order valence-corrected chi connectivity index (χ4v) is 1.10. The van der Waals surface area contributed by atoms with E-state index in [0.717, 1.165) is 0 Å². The molecule has 0 N–H and O–H groups in total. The Labute approximate surface area is 176 Å². The van der Waals surface area contributed by atoms with Crippen LogP contribution in [0.3, 0.4) is 0 Å². The zero-order chi connectivity index (χ0) is 21.7. The summed E-state index contributed by atoms with van der Waals surface area (Å²) in [4.78, 5) is 22.9. The molecule has 0 aliphatic heterocycles. The molecule has 0 aromatic rings. The summed E-state index contributed by atoms with van der Waals surface area (Å²) in [7, 11) is 0. The largest absolute Gasteiger partial charge is 2.00 e. The second-order valence-corrected chi connectivity index (χ2v) is 10.7. The molecule has 0 rings (SSSR count). The minimum absolute atomic E-state index is 0. The molecule has 4 nitrogen and oxygen atoms in total. The summed E-state index contributed by atoms with van der Waals surface area (Å²) < 4.78 is 0. The fraction of sp³-hybridized carbons (Fsp3) is 0.727. The second kappa shape index (κ2) is 10.5. The van der Waals surface area contributed by atoms with Crippen molar-refractivity contribution in [1.82, 2.24) is 0 Å². The number of ketones is 2. The minimum atomic E-state index is -0.457. The van der Waals surface area contributed by atoms with Crippen molar-refractivity contribution in [2.24, 2.45) is 21.7 Å². The number of rotatable bonds is 2. The van der Waals surface area contributed by atoms with Gasteiger partial charge in [0.1, 0.15) is 0 Å². The van der Waals surface area contributed by atoms with Crippen LogP contribution in [0.25, 0.3) is 0 Å². The first-order valence-corrected chi connectivity index (χ1v) is 8.97. The summed E-state index contributed by atoms with van der Waals surface area (Å²) in [5, 5.41) is 22.9. The van der Waals surface area contributed by atoms with E-state index in [1.807, 2.05) is 83.1 Å². The first-order chi connectivity index (χ1) is 11.1. The van der Waals surface area contributed by atoms with Gasteiger partial charge < -0.3 is 10.2 Å². The van der Waals surface area contributed by atoms with Gasteiger partial charge in [0, 0.05) is 10.8 Å². The van der Waals surface area contributed by atoms with Gasteiger partial charge in [-0.2, -0.15) is 0 Å². The maximum absolute atomic E-state index is 11.4. The summed E-state index contributed by atoms with van der Waals surface area (Å²) in [5.41, 5.74) is -1.83. The van der Waals surface area contributed by atoms with Crippen LogP contribution in [-0.2, 0) is 26.4 Å². The van der Waals surface area contributed by atoms with E-state index in [0.29, 0.717) is 0 Å². The molecule has 0 saturated carbocycles. The molecule has 1 radical (unpaired) electrons. The van der Waals surface area contributed by atoms with Crippen LogP contribution in [0.5, 0.6) is 0 Å². The molecule has 0 aliphatic rings. The number of carbonyl (C=O) groups excluding carboxylic acids is 2. The van der Waals surface area contributed by atoms with E-state index in [4.69, 9.17) is 0 Å². The summed E-state index contributed by atoms with van der Waals surface area (Å²) in [6.45, 7) is 21.7. The van der Waals surface area contributed by atoms with Gasteiger partial charge in [-0.1, -0.05) is 83.1 Å². The molecular formula is C22H38CoO4. The molecular weight excluding hydrogens is 387 g/mol. The summed E-state index contributed by atoms with van der Waals surface area (Å²) in [6, 6.07) is 0. The maximum atomic E-state index is 11.4. The van der Waals surface area contributed by atoms with Gasteiger partial charge >= 0.3 is 16.8 Å². The van der Waals surface area contributed by atoms with Crippen molar-refractivity contribution in [2.45, 2.75) is 83.1 Å². The average molecular weight is 425 g/mol. The molecule has 0 spiro atoms. The van der Waals surface area contributed by atoms with Crippen molar-refractivity contribution in [3.63, 3.8) is 0 Å². The zero-order valence-electron chi connectivity index (χ0n) is 19.1. The molecule has 0 unspecified atom stereocenters. The quantitative estimate of drug-likeness (QED) is 0.498. The van der Waals surface area contributed by atoms with Crippen LogP contribution in [0.15, 0.2) is 23.7 Å². The number of carbonyl (C=O) groups is 2. The Morgan fingerprint density at radius 3 is 0.815 bits per heavy atom. The monoisotopic (exact) mass is 425 g/mol. The summed E-state index contributed by atoms with van der Waals surface area (Å²) >= 11 is 0. The maximum Gasteiger partial charge on any atom is 2.00 e. The average Bonchev–Trinajstić information content (AvgIpc) is 2.34. The standard InChI is InChI=1S/2C11H20O2.Co/c2*1-10(2,3)8(12)7-9(13)11(4,5)6;/h2*7,12H,1-6H3;/q;;+2/p-2/b2*8-7+;. The molecule has 0 aromatic carbocycles. The smallest absolute Gasteiger partial charge is 0.875 e. The van der Waals surface area contributed by atoms with Gasteiger partial charge in [-0.25, -0.2) is 0 Å². The van der Waals surface area contributed by atoms with Crippen LogP contribution in [0.2, 0.25) is 0 Å². The molecule has 0 aliphatic carbocycles. The van der Waals surface area contributed by atoms with Gasteiger partial charge in [0.2, 0.25) is 0 Å². The molecule has 5 heteroatoms. The predicted octanol–water partition coefficient (Wildman–Crippen LogP) is 3.78. The van der Waals surface area contributed by atoms with Crippen LogP contribution in [0.4, 0.5) is 0 Å². The van der Waals surface area contributed by atoms with Gasteiger partial charge in [0.15, 0.2) is 11.6 Å². The van der Waals surface area contributed by atoms with Crippen LogP contribution >= 0.6 is 0 Å². The molecule has 0 aromatic heterocycles. The molecule has 0 saturated heterocycles. The van der Waals surface area contributed by atoms with E-state index in [9.17, 15) is 19.8 Å². The molecule has 0 bridgehead atoms. The zero-order valence-corrected chi connectivity index (χ0v) is 20.2. The third-order valence-corrected chi connectivity index (χ3v) is 3.48. The normalized spacial score (nSPS) is 13.9. The van der Waals surface area contributed by atoms with E-state index in [1.165, 1.54) is 12.2 Å². The molecule has 0 heterocycles. The van der Waals surface area contributed by atoms with Gasteiger partial charge in [-0.3, -0.25) is 9.59 Å². The molecule has 0 atom stereocenters. The predicted molar refractivity (Wildman–Crippen MR) is 104 cm³/mol. The van der Waals surface area contributed by atoms with Crippen molar-refractivity contribution in [2.75, 3.05) is 0 Å². The molecule has 0 fully saturated rings. The van der Waals surface area contributed by atoms with E-state index in [2.05, 4.69) is 0 Å². The molecule has 0 amide bonds. The van der Waals surface area contributed by atoms with E-state index in [1.54, 1.807) is 0 Å². The van der Waals surface area contributed by atoms with Gasteiger partial charge in [0.05, 0.1) is 0 Å². The Morgan fingerprint density at radius 2 is 0.704 bits per heavy atom. The van der Waals surface area contributed by atoms with Crippen molar-refractivity contribution >= 4 is 11.6 Å². The van der Waals surface area contributed by atoms with E-state index >= 15 is 0 Å². The van der Waals surface area contributed by atoms with Crippen LogP contribution < -0.4 is 10.2 Å². The SMILES string of the molecule is CC(C)(C)C(=O)/C=C(/[O-])C(C)(C)C.CC(C)(C)C(=O)/C=C(/[O-])C(C)(C)C.[Co+2]. The van der Waals surface area contributed by atoms with Gasteiger partial charge in [0.25, 0.3) is 0 Å². The fourth-order valence-electron chi connectivity index (χ4n) is 1.10. The Kier molecular flexibility index (Phi) is 11.9. The Morgan fingerprint density at radius 1 is 0.519 bits per heavy atom. The van der Waals surface area contributed by atoms with E-state index < -0.39 is 21.7 Å². The minimum Gasteiger partial charge on any atom is -0.875 e. The second-order valence-electron chi connectivity index (χ2n) is 10.7. The van der Waals surface area contributed by atoms with Crippen molar-refractivity contribution in [3.05, 3.63) is 23.7 Å². The summed E-state index contributed by atoms with van der Waals surface area (Å²) in [5.74, 6) is -0.417. The first kappa shape index (κ1) is 30.6. The summed E-state index contributed by atoms with van der Waals surface area (Å²) in [6.07, 6.45) is 2.44. The van der Waals surface area contributed by atoms with Crippen molar-refractivity contribution < 1.29 is 36.6 Å². The van der Waals surface area contributed by atoms with E-state index in [-0.39, 0.29) is 39.9 Å². The van der Waals surface area contributed by atoms with Gasteiger partial charge in [-0.15, -0.1) is 11.5 Å². The molecule has 159 valence electrons. The first-order valence-electron chi connectivity index (χ1n) is 8.97.